The van der Waals surface area contributed by atoms with Crippen molar-refractivity contribution in [1.29, 1.82) is 0 Å². The summed E-state index contributed by atoms with van der Waals surface area (Å²) in [4.78, 5) is 21.4. The molecule has 28 N–H and O–H groups in total. The Kier molecular flexibility index (Phi) is 26.9. The van der Waals surface area contributed by atoms with Gasteiger partial charge in [-0.3, -0.25) is 4.57 Å². The standard InChI is InChI=1S/C48H81O43P.H3N/c49-1-9-33-17(56)25(64)41(76-9)85-34-10(2-50)78-43(27(66)19(34)58)87-36-12(4-52)80-45(29(68)21(36)60)89-38-14(6-54)82-47(31(70)23(38)62)91-40-16(8-75-92(72,73)74)83-48(32(71)24(40)63)90-39-15(7-55)81-46(30(69)22(39)61)88-37-13(5-53)79-44(28(67)20(37)59)86-35-11(3-51)77-42(84-33)26(65)18(35)57;/h9-71H,1-8H2,(H2,72,73,74);1H3/t9-,10-,11-,12-,13-,14-,15-,16-,17-,18-,19-,20-,21-,22-,23-,24-,25+,26-,27-,28-,29-,30-,31-,32-,33-,34-,35-,36-,37-,38-,39-,40-,41-,42-,43-,44-,45-,46-,47-,48-;/m1./s1. The highest BCUT2D eigenvalue weighted by Gasteiger charge is 2.60. The molecule has 30 rings (SSSR count). The summed E-state index contributed by atoms with van der Waals surface area (Å²) in [5.41, 5.74) is 0. The second-order valence-corrected chi connectivity index (χ2v) is 24.2. The van der Waals surface area contributed by atoms with Crippen LogP contribution in [-0.2, 0) is 84.9 Å². The maximum absolute atomic E-state index is 11.8. The molecule has 30 heterocycles. The van der Waals surface area contributed by atoms with E-state index in [1.165, 1.54) is 0 Å². The van der Waals surface area contributed by atoms with Crippen molar-refractivity contribution in [3.63, 3.8) is 0 Å². The van der Waals surface area contributed by atoms with Crippen molar-refractivity contribution in [2.24, 2.45) is 0 Å². The van der Waals surface area contributed by atoms with Crippen LogP contribution in [0, 0.1) is 0 Å². The highest BCUT2D eigenvalue weighted by Crippen LogP contribution is 2.41. The van der Waals surface area contributed by atoms with Crippen molar-refractivity contribution in [2.45, 2.75) is 246 Å². The number of hydrogen-bond donors (Lipinski definition) is 25. The molecule has 93 heavy (non-hydrogen) atoms. The van der Waals surface area contributed by atoms with Crippen molar-refractivity contribution in [3.05, 3.63) is 0 Å². The zero-order valence-corrected chi connectivity index (χ0v) is 49.6. The lowest BCUT2D eigenvalue weighted by molar-refractivity contribution is -0.404. The lowest BCUT2D eigenvalue weighted by Gasteiger charge is -2.50. The molecule has 30 aliphatic rings. The van der Waals surface area contributed by atoms with Crippen molar-refractivity contribution >= 4 is 7.82 Å². The van der Waals surface area contributed by atoms with Crippen molar-refractivity contribution in [1.82, 2.24) is 6.15 Å². The number of quaternary nitrogens is 1. The van der Waals surface area contributed by atoms with Crippen molar-refractivity contribution < 1.29 is 212 Å². The average Bonchev–Trinajstić information content (AvgIpc) is 0.784. The minimum Gasteiger partial charge on any atom is -0.756 e. The molecule has 0 amide bonds. The summed E-state index contributed by atoms with van der Waals surface area (Å²) in [5.74, 6) is 0. The summed E-state index contributed by atoms with van der Waals surface area (Å²) in [7, 11) is -5.72. The minimum absolute atomic E-state index is 0. The molecule has 544 valence electrons. The topological polar surface area (TPSA) is 719 Å². The number of hydrogen-bond acceptors (Lipinski definition) is 42. The molecule has 0 aromatic rings. The smallest absolute Gasteiger partial charge is 0.265 e. The molecule has 0 spiro atoms. The van der Waals surface area contributed by atoms with E-state index in [0.717, 1.165) is 0 Å². The fraction of sp³-hybridized carbons (Fsp3) is 1.00. The number of phosphoric acid groups is 1. The molecule has 41 atom stereocenters. The van der Waals surface area contributed by atoms with Gasteiger partial charge in [-0.25, -0.2) is 0 Å². The van der Waals surface area contributed by atoms with E-state index in [1.54, 1.807) is 0 Å². The second-order valence-electron chi connectivity index (χ2n) is 23.0. The highest BCUT2D eigenvalue weighted by atomic mass is 31.2. The lowest BCUT2D eigenvalue weighted by Crippen LogP contribution is -2.69. The summed E-state index contributed by atoms with van der Waals surface area (Å²) in [6.07, 6.45) is -85.3. The molecule has 30 saturated heterocycles. The molecular formula is C48H84NO43P. The Hall–Kier alpha value is -1.49. The number of rotatable bonds is 10. The molecule has 16 bridgehead atoms. The van der Waals surface area contributed by atoms with Gasteiger partial charge >= 0.3 is 0 Å². The maximum atomic E-state index is 11.8. The SMILES string of the molecule is O=P([O-])(O)OC[C@H]1O[C@@H]2O[C@H]3[C@H](O)[C@@H](O)[C@@H](O[C@H]4[C@H](O)[C@@H](O)[C@@H](O[C@H]5[C@H](O)[C@@H](O)[C@@H](O[C@H]6[C@H](O)[C@H](O)[C@@H](O[C@H]7[C@H](O)[C@@H](O)[C@@H](O[C@H]8[C@H](O)[C@@H](O)[C@@H](O[C@H]9[C@H](O)[C@@H](O)[C@@H](O[C@H]1[C@H](O)[C@H]2O)O[C@@H]9CO)O[C@@H]8CO)O[C@@H]7CO)O[C@@H]6CO)O[C@@H]5CO)O[C@@H]4CO)O[C@@H]3CO.[NH4+]. The van der Waals surface area contributed by atoms with E-state index in [-0.39, 0.29) is 6.15 Å². The Balaban J connectivity index is 0.0000111. The minimum atomic E-state index is -5.72. The first kappa shape index (κ1) is 77.3. The number of aliphatic hydroxyl groups excluding tert-OH is 23. The molecule has 0 radical (unpaired) electrons. The van der Waals surface area contributed by atoms with E-state index in [1.807, 2.05) is 0 Å². The quantitative estimate of drug-likeness (QED) is 0.0903. The molecule has 45 heteroatoms. The van der Waals surface area contributed by atoms with Gasteiger partial charge in [-0.15, -0.1) is 0 Å². The molecule has 30 aliphatic heterocycles. The van der Waals surface area contributed by atoms with Crippen LogP contribution in [0.4, 0.5) is 0 Å². The van der Waals surface area contributed by atoms with Crippen LogP contribution in [0.15, 0.2) is 0 Å². The van der Waals surface area contributed by atoms with Gasteiger partial charge < -0.3 is 214 Å². The normalized spacial score (nSPS) is 53.6. The van der Waals surface area contributed by atoms with E-state index < -0.39 is 306 Å². The predicted molar refractivity (Wildman–Crippen MR) is 276 cm³/mol. The van der Waals surface area contributed by atoms with Gasteiger partial charge in [0.2, 0.25) is 0 Å². The second kappa shape index (κ2) is 32.4. The highest BCUT2D eigenvalue weighted by molar-refractivity contribution is 7.44. The summed E-state index contributed by atoms with van der Waals surface area (Å²) in [6, 6.07) is 0. The maximum Gasteiger partial charge on any atom is 0.265 e. The van der Waals surface area contributed by atoms with E-state index in [4.69, 9.17) is 75.8 Å². The van der Waals surface area contributed by atoms with Crippen LogP contribution >= 0.6 is 7.82 Å². The van der Waals surface area contributed by atoms with Gasteiger partial charge in [0.15, 0.2) is 50.3 Å². The van der Waals surface area contributed by atoms with Gasteiger partial charge in [-0.2, -0.15) is 0 Å². The van der Waals surface area contributed by atoms with Gasteiger partial charge in [0.05, 0.1) is 52.9 Å². The Bertz CT molecular complexity index is 2330. The van der Waals surface area contributed by atoms with Gasteiger partial charge in [-0.1, -0.05) is 0 Å². The zero-order valence-electron chi connectivity index (χ0n) is 48.7. The Morgan fingerprint density at radius 1 is 0.247 bits per heavy atom. The molecule has 30 fully saturated rings. The van der Waals surface area contributed by atoms with Crippen LogP contribution in [0.1, 0.15) is 0 Å². The molecule has 0 aliphatic carbocycles. The molecule has 0 aromatic heterocycles. The van der Waals surface area contributed by atoms with E-state index in [9.17, 15) is 132 Å². The average molecular weight is 1390 g/mol. The van der Waals surface area contributed by atoms with Crippen LogP contribution in [0.2, 0.25) is 0 Å². The zero-order chi connectivity index (χ0) is 67.3. The number of aliphatic hydroxyl groups is 23. The van der Waals surface area contributed by atoms with Crippen LogP contribution in [0.5, 0.6) is 0 Å². The molecule has 0 saturated carbocycles. The van der Waals surface area contributed by atoms with Crippen LogP contribution in [-0.4, -0.2) is 421 Å². The van der Waals surface area contributed by atoms with Crippen molar-refractivity contribution in [3.8, 4) is 0 Å². The third-order valence-electron chi connectivity index (χ3n) is 17.1. The summed E-state index contributed by atoms with van der Waals surface area (Å²) in [5, 5.41) is 255. The van der Waals surface area contributed by atoms with Gasteiger partial charge in [0.25, 0.3) is 7.82 Å². The van der Waals surface area contributed by atoms with E-state index in [2.05, 4.69) is 4.52 Å². The third-order valence-corrected chi connectivity index (χ3v) is 17.6. The fourth-order valence-electron chi connectivity index (χ4n) is 12.1. The Morgan fingerprint density at radius 3 is 0.505 bits per heavy atom. The largest absolute Gasteiger partial charge is 0.756 e. The van der Waals surface area contributed by atoms with Gasteiger partial charge in [0, 0.05) is 0 Å². The predicted octanol–water partition coefficient (Wildman–Crippen LogP) is -17.5. The molecule has 1 unspecified atom stereocenters. The first-order valence-electron chi connectivity index (χ1n) is 28.9. The monoisotopic (exact) mass is 1390 g/mol. The van der Waals surface area contributed by atoms with E-state index >= 15 is 0 Å². The van der Waals surface area contributed by atoms with Crippen molar-refractivity contribution in [2.75, 3.05) is 52.9 Å². The van der Waals surface area contributed by atoms with Crippen LogP contribution < -0.4 is 11.0 Å². The van der Waals surface area contributed by atoms with Gasteiger partial charge in [-0.05, 0) is 0 Å². The number of ether oxygens (including phenoxy) is 16. The van der Waals surface area contributed by atoms with Crippen LogP contribution in [0.3, 0.4) is 0 Å². The number of phosphoric ester groups is 1. The van der Waals surface area contributed by atoms with Crippen LogP contribution in [0.25, 0.3) is 0 Å². The summed E-state index contributed by atoms with van der Waals surface area (Å²) >= 11 is 0. The third kappa shape index (κ3) is 16.0. The Morgan fingerprint density at radius 2 is 0.376 bits per heavy atom. The molecule has 44 nitrogen and oxygen atoms in total. The Labute approximate surface area is 523 Å². The first-order valence-corrected chi connectivity index (χ1v) is 30.4. The summed E-state index contributed by atoms with van der Waals surface area (Å²) < 4.78 is 107. The van der Waals surface area contributed by atoms with Gasteiger partial charge in [0.1, 0.15) is 195 Å². The lowest BCUT2D eigenvalue weighted by atomic mass is 9.94. The molecular weight excluding hydrogens is 1310 g/mol. The van der Waals surface area contributed by atoms with E-state index in [0.29, 0.717) is 0 Å². The summed E-state index contributed by atoms with van der Waals surface area (Å²) in [6.45, 7) is -9.25. The molecule has 0 aromatic carbocycles. The fourth-order valence-corrected chi connectivity index (χ4v) is 12.4. The first-order chi connectivity index (χ1) is 43.5.